The first-order chi connectivity index (χ1) is 6.70. The molecular weight excluding hydrogens is 244 g/mol. The minimum absolute atomic E-state index is 0.0350. The predicted octanol–water partition coefficient (Wildman–Crippen LogP) is 0.0605. The standard InChI is InChI=1S/C10H11BrN2O/c1-2-9-12-8-4-3-6(11)5-7(8)10(14)13-9/h4-6H,2-3H2,1H3,(H,12,13,14). The molecule has 74 valence electrons. The van der Waals surface area contributed by atoms with Gasteiger partial charge in [0.15, 0.2) is 0 Å². The number of hydrogen-bond acceptors (Lipinski definition) is 2. The molecular formula is C10H11BrN2O. The van der Waals surface area contributed by atoms with E-state index in [0.29, 0.717) is 5.22 Å². The first-order valence-corrected chi connectivity index (χ1v) is 5.57. The van der Waals surface area contributed by atoms with Crippen LogP contribution in [0.5, 0.6) is 0 Å². The summed E-state index contributed by atoms with van der Waals surface area (Å²) in [7, 11) is 0. The van der Waals surface area contributed by atoms with Gasteiger partial charge in [-0.05, 0) is 6.42 Å². The fourth-order valence-electron chi connectivity index (χ4n) is 1.51. The van der Waals surface area contributed by atoms with Crippen LogP contribution < -0.4 is 16.1 Å². The molecule has 1 N–H and O–H groups in total. The molecule has 0 aromatic carbocycles. The topological polar surface area (TPSA) is 45.8 Å². The number of fused-ring (bicyclic) bond motifs is 1. The van der Waals surface area contributed by atoms with E-state index in [-0.39, 0.29) is 10.4 Å². The molecule has 4 heteroatoms. The van der Waals surface area contributed by atoms with Gasteiger partial charge in [0.05, 0.1) is 10.6 Å². The molecule has 1 aromatic rings. The van der Waals surface area contributed by atoms with Gasteiger partial charge in [-0.3, -0.25) is 4.79 Å². The second-order valence-corrected chi connectivity index (χ2v) is 4.46. The van der Waals surface area contributed by atoms with Crippen molar-refractivity contribution in [3.05, 3.63) is 26.7 Å². The highest BCUT2D eigenvalue weighted by Gasteiger charge is 2.06. The van der Waals surface area contributed by atoms with Crippen LogP contribution in [0.4, 0.5) is 0 Å². The number of aryl methyl sites for hydroxylation is 1. The van der Waals surface area contributed by atoms with Crippen molar-refractivity contribution in [1.29, 1.82) is 0 Å². The minimum atomic E-state index is -0.0350. The summed E-state index contributed by atoms with van der Waals surface area (Å²) in [6.07, 6.45) is 5.57. The number of rotatable bonds is 1. The first-order valence-electron chi connectivity index (χ1n) is 4.66. The Morgan fingerprint density at radius 1 is 1.71 bits per heavy atom. The molecule has 1 atom stereocenters. The molecule has 1 aliphatic rings. The van der Waals surface area contributed by atoms with Crippen molar-refractivity contribution in [3.63, 3.8) is 0 Å². The molecule has 14 heavy (non-hydrogen) atoms. The maximum Gasteiger partial charge on any atom is 0.258 e. The number of aromatic amines is 1. The highest BCUT2D eigenvalue weighted by Crippen LogP contribution is 2.07. The summed E-state index contributed by atoms with van der Waals surface area (Å²) in [5, 5.41) is 1.51. The Kier molecular flexibility index (Phi) is 2.54. The van der Waals surface area contributed by atoms with E-state index in [0.717, 1.165) is 24.0 Å². The van der Waals surface area contributed by atoms with Gasteiger partial charge in [0, 0.05) is 11.2 Å². The molecule has 0 radical (unpaired) electrons. The molecule has 3 nitrogen and oxygen atoms in total. The van der Waals surface area contributed by atoms with Gasteiger partial charge in [0.25, 0.3) is 5.56 Å². The third kappa shape index (κ3) is 1.66. The van der Waals surface area contributed by atoms with Gasteiger partial charge in [0.1, 0.15) is 5.82 Å². The van der Waals surface area contributed by atoms with Crippen LogP contribution in [0.2, 0.25) is 0 Å². The quantitative estimate of drug-likeness (QED) is 0.721. The Hall–Kier alpha value is -0.900. The molecule has 0 fully saturated rings. The lowest BCUT2D eigenvalue weighted by molar-refractivity contribution is 0.883. The van der Waals surface area contributed by atoms with Crippen molar-refractivity contribution in [2.75, 3.05) is 0 Å². The zero-order valence-electron chi connectivity index (χ0n) is 7.88. The lowest BCUT2D eigenvalue weighted by Gasteiger charge is -2.05. The molecule has 0 saturated carbocycles. The monoisotopic (exact) mass is 254 g/mol. The molecule has 2 rings (SSSR count). The summed E-state index contributed by atoms with van der Waals surface area (Å²) in [4.78, 5) is 19.0. The molecule has 1 aromatic heterocycles. The van der Waals surface area contributed by atoms with Crippen LogP contribution in [-0.4, -0.2) is 14.8 Å². The zero-order chi connectivity index (χ0) is 10.1. The third-order valence-electron chi connectivity index (χ3n) is 2.25. The number of nitrogens with zero attached hydrogens (tertiary/aromatic N) is 1. The van der Waals surface area contributed by atoms with Crippen LogP contribution in [0.15, 0.2) is 4.79 Å². The van der Waals surface area contributed by atoms with E-state index in [1.165, 1.54) is 0 Å². The Morgan fingerprint density at radius 2 is 2.50 bits per heavy atom. The van der Waals surface area contributed by atoms with Crippen molar-refractivity contribution >= 4 is 28.1 Å². The van der Waals surface area contributed by atoms with E-state index in [2.05, 4.69) is 25.9 Å². The Bertz CT molecular complexity index is 518. The molecule has 0 bridgehead atoms. The van der Waals surface area contributed by atoms with Gasteiger partial charge in [0.2, 0.25) is 0 Å². The molecule has 0 amide bonds. The summed E-state index contributed by atoms with van der Waals surface area (Å²) < 4.78 is 0. The van der Waals surface area contributed by atoms with Crippen molar-refractivity contribution in [3.8, 4) is 0 Å². The Morgan fingerprint density at radius 3 is 3.21 bits per heavy atom. The van der Waals surface area contributed by atoms with Gasteiger partial charge in [-0.15, -0.1) is 0 Å². The van der Waals surface area contributed by atoms with Crippen molar-refractivity contribution in [2.45, 2.75) is 24.6 Å². The molecule has 0 aliphatic heterocycles. The van der Waals surface area contributed by atoms with Crippen molar-refractivity contribution in [2.24, 2.45) is 0 Å². The summed E-state index contributed by atoms with van der Waals surface area (Å²) in [6.45, 7) is 1.98. The lowest BCUT2D eigenvalue weighted by atomic mass is 10.1. The van der Waals surface area contributed by atoms with Gasteiger partial charge in [-0.25, -0.2) is 4.98 Å². The first kappa shape index (κ1) is 9.65. The average molecular weight is 255 g/mol. The highest BCUT2D eigenvalue weighted by molar-refractivity contribution is 9.09. The molecule has 0 spiro atoms. The van der Waals surface area contributed by atoms with Gasteiger partial charge >= 0.3 is 0 Å². The maximum atomic E-state index is 11.6. The largest absolute Gasteiger partial charge is 0.310 e. The fourth-order valence-corrected chi connectivity index (χ4v) is 1.96. The van der Waals surface area contributed by atoms with Crippen LogP contribution in [-0.2, 0) is 6.42 Å². The summed E-state index contributed by atoms with van der Waals surface area (Å²) in [6, 6.07) is 0. The maximum absolute atomic E-state index is 11.6. The van der Waals surface area contributed by atoms with Crippen LogP contribution in [0, 0.1) is 0 Å². The lowest BCUT2D eigenvalue weighted by Crippen LogP contribution is -2.46. The number of nitrogens with one attached hydrogen (secondary N) is 1. The molecule has 1 heterocycles. The van der Waals surface area contributed by atoms with E-state index >= 15 is 0 Å². The average Bonchev–Trinajstić information content (AvgIpc) is 2.19. The van der Waals surface area contributed by atoms with Gasteiger partial charge < -0.3 is 4.98 Å². The van der Waals surface area contributed by atoms with E-state index < -0.39 is 0 Å². The number of H-pyrrole nitrogens is 1. The second-order valence-electron chi connectivity index (χ2n) is 3.29. The number of alkyl halides is 1. The minimum Gasteiger partial charge on any atom is -0.310 e. The van der Waals surface area contributed by atoms with Gasteiger partial charge in [-0.2, -0.15) is 0 Å². The Labute approximate surface area is 89.7 Å². The molecule has 1 aliphatic carbocycles. The smallest absolute Gasteiger partial charge is 0.258 e. The van der Waals surface area contributed by atoms with Crippen LogP contribution >= 0.6 is 15.9 Å². The van der Waals surface area contributed by atoms with E-state index in [9.17, 15) is 4.79 Å². The van der Waals surface area contributed by atoms with E-state index in [1.807, 2.05) is 19.1 Å². The zero-order valence-corrected chi connectivity index (χ0v) is 9.47. The fraction of sp³-hybridized carbons (Fsp3) is 0.400. The van der Waals surface area contributed by atoms with E-state index in [4.69, 9.17) is 0 Å². The third-order valence-corrected chi connectivity index (χ3v) is 2.89. The van der Waals surface area contributed by atoms with Crippen LogP contribution in [0.1, 0.15) is 19.2 Å². The molecule has 0 saturated heterocycles. The summed E-state index contributed by atoms with van der Waals surface area (Å²) in [5.41, 5.74) is -0.0350. The normalized spacial score (nSPS) is 19.4. The van der Waals surface area contributed by atoms with Crippen molar-refractivity contribution in [1.82, 2.24) is 9.97 Å². The summed E-state index contributed by atoms with van der Waals surface area (Å²) in [5.74, 6) is 0.756. The van der Waals surface area contributed by atoms with Gasteiger partial charge in [-0.1, -0.05) is 35.0 Å². The number of halogens is 1. The van der Waals surface area contributed by atoms with E-state index in [1.54, 1.807) is 0 Å². The predicted molar refractivity (Wildman–Crippen MR) is 59.7 cm³/mol. The van der Waals surface area contributed by atoms with Crippen LogP contribution in [0.25, 0.3) is 12.2 Å². The summed E-state index contributed by atoms with van der Waals surface area (Å²) >= 11 is 3.46. The van der Waals surface area contributed by atoms with Crippen molar-refractivity contribution < 1.29 is 0 Å². The SMILES string of the molecule is CCc1nc2c(c(=O)[nH]1)=CC(Br)CC=2. The number of aromatic nitrogens is 2. The Balaban J connectivity index is 2.78. The van der Waals surface area contributed by atoms with Crippen LogP contribution in [0.3, 0.4) is 0 Å². The number of hydrogen-bond donors (Lipinski definition) is 1. The second kappa shape index (κ2) is 3.69. The highest BCUT2D eigenvalue weighted by atomic mass is 79.9. The molecule has 1 unspecified atom stereocenters.